The van der Waals surface area contributed by atoms with Gasteiger partial charge in [0.15, 0.2) is 11.0 Å². The van der Waals surface area contributed by atoms with Crippen LogP contribution in [0, 0.1) is 12.7 Å². The van der Waals surface area contributed by atoms with Gasteiger partial charge in [0, 0.05) is 17.9 Å². The maximum Gasteiger partial charge on any atom is 0.191 e. The number of aryl methyl sites for hydroxylation is 1. The van der Waals surface area contributed by atoms with E-state index < -0.39 is 0 Å². The van der Waals surface area contributed by atoms with E-state index in [1.807, 2.05) is 6.07 Å². The number of halogens is 1. The summed E-state index contributed by atoms with van der Waals surface area (Å²) in [6, 6.07) is 15.1. The maximum absolute atomic E-state index is 13.7. The summed E-state index contributed by atoms with van der Waals surface area (Å²) in [4.78, 5) is 0. The number of nitrogens with zero attached hydrogens (tertiary/aromatic N) is 3. The second-order valence-electron chi connectivity index (χ2n) is 5.30. The molecule has 0 fully saturated rings. The Morgan fingerprint density at radius 3 is 2.48 bits per heavy atom. The van der Waals surface area contributed by atoms with Gasteiger partial charge >= 0.3 is 0 Å². The Balaban J connectivity index is 1.84. The Morgan fingerprint density at radius 1 is 1.04 bits per heavy atom. The molecule has 5 heteroatoms. The lowest BCUT2D eigenvalue weighted by molar-refractivity contribution is 0.617. The molecule has 3 aromatic rings. The van der Waals surface area contributed by atoms with Gasteiger partial charge in [-0.05, 0) is 25.5 Å². The van der Waals surface area contributed by atoms with Crippen molar-refractivity contribution in [1.82, 2.24) is 14.8 Å². The summed E-state index contributed by atoms with van der Waals surface area (Å²) in [6.45, 7) is 4.90. The number of hydrogen-bond donors (Lipinski definition) is 0. The van der Waals surface area contributed by atoms with Gasteiger partial charge in [0.1, 0.15) is 5.82 Å². The minimum atomic E-state index is -0.179. The van der Waals surface area contributed by atoms with Crippen molar-refractivity contribution in [2.24, 2.45) is 0 Å². The minimum Gasteiger partial charge on any atom is -0.302 e. The van der Waals surface area contributed by atoms with Crippen LogP contribution in [0.1, 0.15) is 18.1 Å². The second kappa shape index (κ2) is 6.96. The zero-order valence-corrected chi connectivity index (χ0v) is 14.0. The largest absolute Gasteiger partial charge is 0.302 e. The highest BCUT2D eigenvalue weighted by molar-refractivity contribution is 7.98. The molecule has 0 aliphatic rings. The molecule has 0 unspecified atom stereocenters. The van der Waals surface area contributed by atoms with E-state index in [0.29, 0.717) is 11.3 Å². The lowest BCUT2D eigenvalue weighted by atomic mass is 10.1. The SMILES string of the molecule is CCn1c(SCc2ccccc2F)nnc1-c1ccc(C)cc1. The van der Waals surface area contributed by atoms with Crippen LogP contribution in [0.2, 0.25) is 0 Å². The van der Waals surface area contributed by atoms with Gasteiger partial charge in [-0.25, -0.2) is 4.39 Å². The highest BCUT2D eigenvalue weighted by Gasteiger charge is 2.13. The molecule has 1 aromatic heterocycles. The average molecular weight is 327 g/mol. The van der Waals surface area contributed by atoms with Gasteiger partial charge in [-0.3, -0.25) is 0 Å². The van der Waals surface area contributed by atoms with Crippen LogP contribution in [0.15, 0.2) is 53.7 Å². The molecule has 3 rings (SSSR count). The smallest absolute Gasteiger partial charge is 0.191 e. The average Bonchev–Trinajstić information content (AvgIpc) is 2.97. The van der Waals surface area contributed by atoms with E-state index in [0.717, 1.165) is 23.1 Å². The van der Waals surface area contributed by atoms with Gasteiger partial charge in [0.2, 0.25) is 0 Å². The van der Waals surface area contributed by atoms with Crippen LogP contribution in [0.5, 0.6) is 0 Å². The maximum atomic E-state index is 13.7. The lowest BCUT2D eigenvalue weighted by Gasteiger charge is -2.08. The van der Waals surface area contributed by atoms with Gasteiger partial charge < -0.3 is 4.57 Å². The van der Waals surface area contributed by atoms with Crippen LogP contribution in [0.25, 0.3) is 11.4 Å². The van der Waals surface area contributed by atoms with Crippen molar-refractivity contribution >= 4 is 11.8 Å². The third kappa shape index (κ3) is 3.45. The summed E-state index contributed by atoms with van der Waals surface area (Å²) in [7, 11) is 0. The van der Waals surface area contributed by atoms with Crippen LogP contribution in [-0.4, -0.2) is 14.8 Å². The number of hydrogen-bond acceptors (Lipinski definition) is 3. The molecule has 0 bridgehead atoms. The van der Waals surface area contributed by atoms with E-state index >= 15 is 0 Å². The van der Waals surface area contributed by atoms with Crippen LogP contribution < -0.4 is 0 Å². The molecule has 0 amide bonds. The predicted molar refractivity (Wildman–Crippen MR) is 91.8 cm³/mol. The fraction of sp³-hybridized carbons (Fsp3) is 0.222. The van der Waals surface area contributed by atoms with Crippen LogP contribution >= 0.6 is 11.8 Å². The molecular formula is C18H18FN3S. The van der Waals surface area contributed by atoms with E-state index in [-0.39, 0.29) is 5.82 Å². The topological polar surface area (TPSA) is 30.7 Å². The van der Waals surface area contributed by atoms with E-state index in [2.05, 4.69) is 52.9 Å². The summed E-state index contributed by atoms with van der Waals surface area (Å²) in [6.07, 6.45) is 0. The molecule has 2 aromatic carbocycles. The highest BCUT2D eigenvalue weighted by Crippen LogP contribution is 2.27. The molecule has 0 N–H and O–H groups in total. The normalized spacial score (nSPS) is 10.9. The summed E-state index contributed by atoms with van der Waals surface area (Å²) in [5.74, 6) is 1.21. The molecule has 0 atom stereocenters. The first kappa shape index (κ1) is 15.7. The lowest BCUT2D eigenvalue weighted by Crippen LogP contribution is -2.00. The van der Waals surface area contributed by atoms with Crippen molar-refractivity contribution in [3.63, 3.8) is 0 Å². The Bertz CT molecular complexity index is 796. The van der Waals surface area contributed by atoms with Gasteiger partial charge in [-0.2, -0.15) is 0 Å². The molecule has 3 nitrogen and oxygen atoms in total. The summed E-state index contributed by atoms with van der Waals surface area (Å²) >= 11 is 1.51. The van der Waals surface area contributed by atoms with E-state index in [1.165, 1.54) is 23.4 Å². The summed E-state index contributed by atoms with van der Waals surface area (Å²) in [5, 5.41) is 9.42. The van der Waals surface area contributed by atoms with Gasteiger partial charge in [0.05, 0.1) is 0 Å². The number of rotatable bonds is 5. The fourth-order valence-corrected chi connectivity index (χ4v) is 3.34. The molecule has 118 valence electrons. The molecule has 0 aliphatic heterocycles. The van der Waals surface area contributed by atoms with Crippen LogP contribution in [0.3, 0.4) is 0 Å². The molecule has 0 saturated carbocycles. The van der Waals surface area contributed by atoms with Crippen molar-refractivity contribution in [2.75, 3.05) is 0 Å². The molecule has 1 heterocycles. The third-order valence-corrected chi connectivity index (χ3v) is 4.67. The predicted octanol–water partition coefficient (Wildman–Crippen LogP) is 4.70. The fourth-order valence-electron chi connectivity index (χ4n) is 2.35. The van der Waals surface area contributed by atoms with Crippen LogP contribution in [0.4, 0.5) is 4.39 Å². The Kier molecular flexibility index (Phi) is 4.76. The molecule has 0 saturated heterocycles. The number of aromatic nitrogens is 3. The third-order valence-electron chi connectivity index (χ3n) is 3.66. The monoisotopic (exact) mass is 327 g/mol. The standard InChI is InChI=1S/C18H18FN3S/c1-3-22-17(14-10-8-13(2)9-11-14)20-21-18(22)23-12-15-6-4-5-7-16(15)19/h4-11H,3,12H2,1-2H3. The van der Waals surface area contributed by atoms with Crippen molar-refractivity contribution in [1.29, 1.82) is 0 Å². The van der Waals surface area contributed by atoms with Crippen molar-refractivity contribution < 1.29 is 4.39 Å². The van der Waals surface area contributed by atoms with Gasteiger partial charge in [-0.15, -0.1) is 10.2 Å². The first-order valence-electron chi connectivity index (χ1n) is 7.55. The highest BCUT2D eigenvalue weighted by atomic mass is 32.2. The van der Waals surface area contributed by atoms with Crippen molar-refractivity contribution in [3.05, 3.63) is 65.5 Å². The van der Waals surface area contributed by atoms with Crippen molar-refractivity contribution in [3.8, 4) is 11.4 Å². The Hall–Kier alpha value is -2.14. The van der Waals surface area contributed by atoms with Crippen molar-refractivity contribution in [2.45, 2.75) is 31.3 Å². The molecule has 0 radical (unpaired) electrons. The number of benzene rings is 2. The van der Waals surface area contributed by atoms with Gasteiger partial charge in [-0.1, -0.05) is 59.8 Å². The zero-order valence-electron chi connectivity index (χ0n) is 13.2. The van der Waals surface area contributed by atoms with E-state index in [1.54, 1.807) is 12.1 Å². The molecular weight excluding hydrogens is 309 g/mol. The summed E-state index contributed by atoms with van der Waals surface area (Å²) in [5.41, 5.74) is 2.94. The Labute approximate surface area is 139 Å². The first-order valence-corrected chi connectivity index (χ1v) is 8.54. The number of thioether (sulfide) groups is 1. The minimum absolute atomic E-state index is 0.179. The summed E-state index contributed by atoms with van der Waals surface area (Å²) < 4.78 is 15.8. The Morgan fingerprint density at radius 2 is 1.78 bits per heavy atom. The van der Waals surface area contributed by atoms with Crippen LogP contribution in [-0.2, 0) is 12.3 Å². The first-order chi connectivity index (χ1) is 11.2. The van der Waals surface area contributed by atoms with E-state index in [4.69, 9.17) is 0 Å². The molecule has 0 spiro atoms. The molecule has 0 aliphatic carbocycles. The van der Waals surface area contributed by atoms with Gasteiger partial charge in [0.25, 0.3) is 0 Å². The zero-order chi connectivity index (χ0) is 16.2. The van der Waals surface area contributed by atoms with E-state index in [9.17, 15) is 4.39 Å². The second-order valence-corrected chi connectivity index (χ2v) is 6.24. The molecule has 23 heavy (non-hydrogen) atoms. The quantitative estimate of drug-likeness (QED) is 0.636.